The standard InChI is InChI=1S/C11H12N4OS2/c1-7(16)14-11-15-8(6-18-11)5-17-10-2-3-13-4-9(10)12/h2-4,6H,5,12H2,1H3,(H,14,15,16). The van der Waals surface area contributed by atoms with E-state index in [2.05, 4.69) is 15.3 Å². The van der Waals surface area contributed by atoms with Gasteiger partial charge in [-0.15, -0.1) is 23.1 Å². The lowest BCUT2D eigenvalue weighted by molar-refractivity contribution is -0.114. The number of thioether (sulfide) groups is 1. The van der Waals surface area contributed by atoms with Crippen LogP contribution in [-0.4, -0.2) is 15.9 Å². The molecule has 2 aromatic heterocycles. The molecular weight excluding hydrogens is 268 g/mol. The highest BCUT2D eigenvalue weighted by Gasteiger charge is 2.05. The molecule has 18 heavy (non-hydrogen) atoms. The Morgan fingerprint density at radius 3 is 3.17 bits per heavy atom. The third kappa shape index (κ3) is 3.44. The number of carbonyl (C=O) groups is 1. The maximum absolute atomic E-state index is 10.9. The summed E-state index contributed by atoms with van der Waals surface area (Å²) in [5.74, 6) is 0.603. The lowest BCUT2D eigenvalue weighted by Crippen LogP contribution is -2.05. The minimum Gasteiger partial charge on any atom is -0.397 e. The molecule has 0 aliphatic carbocycles. The molecular formula is C11H12N4OS2. The Hall–Kier alpha value is -1.60. The minimum absolute atomic E-state index is 0.109. The van der Waals surface area contributed by atoms with Crippen LogP contribution in [0.3, 0.4) is 0 Å². The van der Waals surface area contributed by atoms with Gasteiger partial charge in [0.15, 0.2) is 5.13 Å². The number of nitrogens with two attached hydrogens (primary N) is 1. The summed E-state index contributed by atoms with van der Waals surface area (Å²) < 4.78 is 0. The number of carbonyl (C=O) groups excluding carboxylic acids is 1. The molecule has 2 aromatic rings. The topological polar surface area (TPSA) is 80.9 Å². The van der Waals surface area contributed by atoms with Crippen molar-refractivity contribution in [3.8, 4) is 0 Å². The molecule has 1 amide bonds. The van der Waals surface area contributed by atoms with Crippen molar-refractivity contribution in [2.45, 2.75) is 17.6 Å². The second-order valence-corrected chi connectivity index (χ2v) is 5.40. The minimum atomic E-state index is -0.109. The van der Waals surface area contributed by atoms with Crippen molar-refractivity contribution in [1.29, 1.82) is 0 Å². The number of pyridine rings is 1. The average Bonchev–Trinajstić information content (AvgIpc) is 2.75. The van der Waals surface area contributed by atoms with E-state index >= 15 is 0 Å². The van der Waals surface area contributed by atoms with Gasteiger partial charge in [0.1, 0.15) is 0 Å². The highest BCUT2D eigenvalue weighted by Crippen LogP contribution is 2.28. The lowest BCUT2D eigenvalue weighted by Gasteiger charge is -2.02. The van der Waals surface area contributed by atoms with Crippen molar-refractivity contribution in [2.75, 3.05) is 11.1 Å². The lowest BCUT2D eigenvalue weighted by atomic mass is 10.4. The summed E-state index contributed by atoms with van der Waals surface area (Å²) in [6, 6.07) is 1.88. The molecule has 2 rings (SSSR count). The van der Waals surface area contributed by atoms with Crippen LogP contribution >= 0.6 is 23.1 Å². The molecule has 0 atom stereocenters. The summed E-state index contributed by atoms with van der Waals surface area (Å²) in [5, 5.41) is 5.21. The smallest absolute Gasteiger partial charge is 0.223 e. The maximum atomic E-state index is 10.9. The second-order valence-electron chi connectivity index (χ2n) is 3.53. The fourth-order valence-electron chi connectivity index (χ4n) is 1.26. The number of hydrogen-bond donors (Lipinski definition) is 2. The first-order valence-corrected chi connectivity index (χ1v) is 7.06. The third-order valence-electron chi connectivity index (χ3n) is 2.02. The Kier molecular flexibility index (Phi) is 4.16. The van der Waals surface area contributed by atoms with Gasteiger partial charge in [-0.2, -0.15) is 0 Å². The van der Waals surface area contributed by atoms with Gasteiger partial charge in [0.05, 0.1) is 17.6 Å². The van der Waals surface area contributed by atoms with Gasteiger partial charge in [0, 0.05) is 29.1 Å². The summed E-state index contributed by atoms with van der Waals surface area (Å²) >= 11 is 3.02. The molecule has 0 radical (unpaired) electrons. The van der Waals surface area contributed by atoms with Crippen molar-refractivity contribution >= 4 is 39.8 Å². The Morgan fingerprint density at radius 2 is 2.44 bits per heavy atom. The van der Waals surface area contributed by atoms with Crippen LogP contribution in [0, 0.1) is 0 Å². The van der Waals surface area contributed by atoms with E-state index in [4.69, 9.17) is 5.73 Å². The number of anilines is 2. The molecule has 0 spiro atoms. The SMILES string of the molecule is CC(=O)Nc1nc(CSc2ccncc2N)cs1. The van der Waals surface area contributed by atoms with Crippen LogP contribution in [0.1, 0.15) is 12.6 Å². The van der Waals surface area contributed by atoms with E-state index in [1.807, 2.05) is 11.4 Å². The normalized spacial score (nSPS) is 10.3. The quantitative estimate of drug-likeness (QED) is 0.840. The molecule has 5 nitrogen and oxygen atoms in total. The molecule has 0 aliphatic heterocycles. The monoisotopic (exact) mass is 280 g/mol. The maximum Gasteiger partial charge on any atom is 0.223 e. The number of thiazole rings is 1. The fraction of sp³-hybridized carbons (Fsp3) is 0.182. The van der Waals surface area contributed by atoms with Crippen LogP contribution in [0.15, 0.2) is 28.7 Å². The van der Waals surface area contributed by atoms with Gasteiger partial charge in [-0.1, -0.05) is 0 Å². The molecule has 7 heteroatoms. The molecule has 0 aliphatic rings. The van der Waals surface area contributed by atoms with Gasteiger partial charge in [-0.3, -0.25) is 9.78 Å². The first-order chi connectivity index (χ1) is 8.65. The van der Waals surface area contributed by atoms with E-state index in [-0.39, 0.29) is 5.91 Å². The van der Waals surface area contributed by atoms with Gasteiger partial charge in [0.25, 0.3) is 0 Å². The van der Waals surface area contributed by atoms with Gasteiger partial charge in [-0.25, -0.2) is 4.98 Å². The van der Waals surface area contributed by atoms with Gasteiger partial charge >= 0.3 is 0 Å². The average molecular weight is 280 g/mol. The van der Waals surface area contributed by atoms with E-state index in [1.54, 1.807) is 24.2 Å². The zero-order valence-corrected chi connectivity index (χ0v) is 11.3. The number of nitrogens with zero attached hydrogens (tertiary/aromatic N) is 2. The molecule has 0 bridgehead atoms. The van der Waals surface area contributed by atoms with E-state index in [0.717, 1.165) is 10.6 Å². The number of hydrogen-bond acceptors (Lipinski definition) is 6. The van der Waals surface area contributed by atoms with E-state index < -0.39 is 0 Å². The molecule has 0 saturated carbocycles. The summed E-state index contributed by atoms with van der Waals surface area (Å²) in [6.07, 6.45) is 3.34. The molecule has 0 aromatic carbocycles. The summed E-state index contributed by atoms with van der Waals surface area (Å²) in [5.41, 5.74) is 7.39. The highest BCUT2D eigenvalue weighted by atomic mass is 32.2. The largest absolute Gasteiger partial charge is 0.397 e. The van der Waals surface area contributed by atoms with Gasteiger partial charge in [-0.05, 0) is 6.07 Å². The van der Waals surface area contributed by atoms with Crippen molar-refractivity contribution < 1.29 is 4.79 Å². The number of rotatable bonds is 4. The number of amides is 1. The number of nitrogens with one attached hydrogen (secondary N) is 1. The molecule has 0 unspecified atom stereocenters. The summed E-state index contributed by atoms with van der Waals surface area (Å²) in [4.78, 5) is 20.1. The zero-order chi connectivity index (χ0) is 13.0. The van der Waals surface area contributed by atoms with Crippen LogP contribution in [0.4, 0.5) is 10.8 Å². The predicted octanol–water partition coefficient (Wildman–Crippen LogP) is 2.37. The molecule has 94 valence electrons. The van der Waals surface area contributed by atoms with Crippen molar-refractivity contribution in [1.82, 2.24) is 9.97 Å². The van der Waals surface area contributed by atoms with Crippen LogP contribution in [0.25, 0.3) is 0 Å². The van der Waals surface area contributed by atoms with E-state index in [1.165, 1.54) is 18.3 Å². The fourth-order valence-corrected chi connectivity index (χ4v) is 2.95. The van der Waals surface area contributed by atoms with Crippen molar-refractivity contribution in [3.05, 3.63) is 29.5 Å². The Morgan fingerprint density at radius 1 is 1.61 bits per heavy atom. The van der Waals surface area contributed by atoms with E-state index in [0.29, 0.717) is 16.6 Å². The Balaban J connectivity index is 1.96. The predicted molar refractivity (Wildman–Crippen MR) is 74.6 cm³/mol. The van der Waals surface area contributed by atoms with Crippen LogP contribution in [-0.2, 0) is 10.5 Å². The third-order valence-corrected chi connectivity index (χ3v) is 3.95. The Labute approximate surface area is 113 Å². The summed E-state index contributed by atoms with van der Waals surface area (Å²) in [6.45, 7) is 1.47. The zero-order valence-electron chi connectivity index (χ0n) is 9.71. The van der Waals surface area contributed by atoms with Crippen LogP contribution in [0.5, 0.6) is 0 Å². The summed E-state index contributed by atoms with van der Waals surface area (Å²) in [7, 11) is 0. The van der Waals surface area contributed by atoms with Crippen LogP contribution in [0.2, 0.25) is 0 Å². The first-order valence-electron chi connectivity index (χ1n) is 5.19. The first kappa shape index (κ1) is 12.8. The van der Waals surface area contributed by atoms with Crippen molar-refractivity contribution in [3.63, 3.8) is 0 Å². The highest BCUT2D eigenvalue weighted by molar-refractivity contribution is 7.98. The van der Waals surface area contributed by atoms with Gasteiger partial charge < -0.3 is 11.1 Å². The van der Waals surface area contributed by atoms with Crippen molar-refractivity contribution in [2.24, 2.45) is 0 Å². The molecule has 0 fully saturated rings. The Bertz CT molecular complexity index is 555. The number of aromatic nitrogens is 2. The number of nitrogen functional groups attached to an aromatic ring is 1. The van der Waals surface area contributed by atoms with E-state index in [9.17, 15) is 4.79 Å². The molecule has 2 heterocycles. The molecule has 3 N–H and O–H groups in total. The van der Waals surface area contributed by atoms with Gasteiger partial charge in [0.2, 0.25) is 5.91 Å². The van der Waals surface area contributed by atoms with Crippen LogP contribution < -0.4 is 11.1 Å². The second kappa shape index (κ2) is 5.83. The molecule has 0 saturated heterocycles.